The number of nitrogens with zero attached hydrogens (tertiary/aromatic N) is 2. The van der Waals surface area contributed by atoms with Crippen LogP contribution in [0.3, 0.4) is 0 Å². The largest absolute Gasteiger partial charge is 0.478 e. The second-order valence-electron chi connectivity index (χ2n) is 8.15. The summed E-state index contributed by atoms with van der Waals surface area (Å²) in [5, 5.41) is 10.5. The number of carboxylic acid groups (broad SMARTS) is 1. The molecule has 178 valence electrons. The Kier molecular flexibility index (Phi) is 7.46. The van der Waals surface area contributed by atoms with Crippen molar-refractivity contribution in [3.63, 3.8) is 0 Å². The van der Waals surface area contributed by atoms with E-state index < -0.39 is 22.6 Å². The highest BCUT2D eigenvalue weighted by Crippen LogP contribution is 2.48. The van der Waals surface area contributed by atoms with Crippen LogP contribution in [-0.4, -0.2) is 27.1 Å². The molecule has 0 fully saturated rings. The van der Waals surface area contributed by atoms with Gasteiger partial charge in [-0.05, 0) is 48.7 Å². The van der Waals surface area contributed by atoms with Gasteiger partial charge < -0.3 is 9.84 Å². The minimum Gasteiger partial charge on any atom is -0.478 e. The highest BCUT2D eigenvalue weighted by molar-refractivity contribution is 7.99. The predicted molar refractivity (Wildman–Crippen MR) is 135 cm³/mol. The van der Waals surface area contributed by atoms with Crippen LogP contribution in [0.5, 0.6) is 6.01 Å². The highest BCUT2D eigenvalue weighted by atomic mass is 32.2. The number of carboxylic acids is 1. The summed E-state index contributed by atoms with van der Waals surface area (Å²) in [6.45, 7) is 3.60. The van der Waals surface area contributed by atoms with E-state index in [9.17, 15) is 14.3 Å². The van der Waals surface area contributed by atoms with Crippen molar-refractivity contribution in [1.82, 2.24) is 9.97 Å². The van der Waals surface area contributed by atoms with E-state index >= 15 is 0 Å². The fourth-order valence-corrected chi connectivity index (χ4v) is 5.52. The van der Waals surface area contributed by atoms with Gasteiger partial charge in [0.2, 0.25) is 6.10 Å². The molecule has 0 unspecified atom stereocenters. The van der Waals surface area contributed by atoms with E-state index in [-0.39, 0.29) is 6.01 Å². The lowest BCUT2D eigenvalue weighted by atomic mass is 9.85. The van der Waals surface area contributed by atoms with Crippen LogP contribution < -0.4 is 4.74 Å². The van der Waals surface area contributed by atoms with Crippen molar-refractivity contribution in [3.05, 3.63) is 125 Å². The second kappa shape index (κ2) is 10.7. The predicted octanol–water partition coefficient (Wildman–Crippen LogP) is 5.94. The minimum absolute atomic E-state index is 0.0161. The van der Waals surface area contributed by atoms with Gasteiger partial charge in [-0.15, -0.1) is 11.8 Å². The van der Waals surface area contributed by atoms with Gasteiger partial charge in [-0.2, -0.15) is 0 Å². The van der Waals surface area contributed by atoms with Crippen molar-refractivity contribution < 1.29 is 19.0 Å². The van der Waals surface area contributed by atoms with E-state index in [4.69, 9.17) is 4.74 Å². The molecule has 2 atom stereocenters. The van der Waals surface area contributed by atoms with Crippen LogP contribution >= 0.6 is 11.8 Å². The third-order valence-corrected chi connectivity index (χ3v) is 7.18. The fourth-order valence-electron chi connectivity index (χ4n) is 4.03. The number of rotatable bonds is 9. The minimum atomic E-state index is -1.41. The number of hydrogen-bond acceptors (Lipinski definition) is 5. The molecule has 35 heavy (non-hydrogen) atoms. The fraction of sp³-hybridized carbons (Fsp3) is 0.179. The summed E-state index contributed by atoms with van der Waals surface area (Å²) < 4.78 is 18.8. The lowest BCUT2D eigenvalue weighted by molar-refractivity contribution is -0.146. The molecule has 1 N–H and O–H groups in total. The number of halogens is 1. The van der Waals surface area contributed by atoms with Crippen molar-refractivity contribution in [2.75, 3.05) is 0 Å². The van der Waals surface area contributed by atoms with Crippen LogP contribution in [-0.2, 0) is 15.3 Å². The van der Waals surface area contributed by atoms with Gasteiger partial charge >= 0.3 is 12.0 Å². The molecule has 0 aliphatic heterocycles. The molecular weight excluding hydrogens is 463 g/mol. The molecule has 4 rings (SSSR count). The zero-order chi connectivity index (χ0) is 24.8. The Morgan fingerprint density at radius 3 is 2.03 bits per heavy atom. The van der Waals surface area contributed by atoms with E-state index in [1.54, 1.807) is 32.0 Å². The van der Waals surface area contributed by atoms with Gasteiger partial charge in [0, 0.05) is 17.1 Å². The first-order valence-electron chi connectivity index (χ1n) is 11.1. The van der Waals surface area contributed by atoms with Crippen LogP contribution in [0.2, 0.25) is 0 Å². The Labute approximate surface area is 208 Å². The number of aromatic nitrogens is 2. The van der Waals surface area contributed by atoms with Gasteiger partial charge in [-0.1, -0.05) is 72.8 Å². The number of aliphatic carboxylic acids is 1. The standard InChI is InChI=1S/C28H25FN2O3S/c1-19-17-20(2)31-27(30-19)34-25(26(32)33)28(22-11-7-4-8-12-22,23-13-15-24(29)16-14-23)35-18-21-9-5-3-6-10-21/h3-17,25H,18H2,1-2H3,(H,32,33)/t25-,28-/m1/s1. The first kappa shape index (κ1) is 24.4. The third kappa shape index (κ3) is 5.52. The molecule has 1 heterocycles. The Morgan fingerprint density at radius 1 is 0.914 bits per heavy atom. The molecule has 0 spiro atoms. The maximum atomic E-state index is 13.9. The molecule has 0 bridgehead atoms. The topological polar surface area (TPSA) is 72.3 Å². The molecule has 0 radical (unpaired) electrons. The summed E-state index contributed by atoms with van der Waals surface area (Å²) in [5.74, 6) is -1.09. The zero-order valence-electron chi connectivity index (χ0n) is 19.4. The number of hydrogen-bond donors (Lipinski definition) is 1. The second-order valence-corrected chi connectivity index (χ2v) is 9.37. The number of ether oxygens (including phenoxy) is 1. The quantitative estimate of drug-likeness (QED) is 0.314. The van der Waals surface area contributed by atoms with Crippen LogP contribution in [0.1, 0.15) is 28.1 Å². The van der Waals surface area contributed by atoms with Crippen molar-refractivity contribution >= 4 is 17.7 Å². The first-order valence-corrected chi connectivity index (χ1v) is 12.1. The SMILES string of the molecule is Cc1cc(C)nc(O[C@H](C(=O)O)[C@@](SCc2ccccc2)(c2ccccc2)c2ccc(F)cc2)n1. The van der Waals surface area contributed by atoms with Gasteiger partial charge in [0.25, 0.3) is 0 Å². The lowest BCUT2D eigenvalue weighted by Gasteiger charge is -2.38. The van der Waals surface area contributed by atoms with E-state index in [0.29, 0.717) is 28.3 Å². The van der Waals surface area contributed by atoms with Gasteiger partial charge in [0.1, 0.15) is 10.6 Å². The molecule has 7 heteroatoms. The Hall–Kier alpha value is -3.71. The third-order valence-electron chi connectivity index (χ3n) is 5.56. The summed E-state index contributed by atoms with van der Waals surface area (Å²) >= 11 is 1.41. The van der Waals surface area contributed by atoms with Crippen molar-refractivity contribution in [3.8, 4) is 6.01 Å². The Bertz CT molecular complexity index is 1270. The van der Waals surface area contributed by atoms with Crippen LogP contribution in [0.15, 0.2) is 91.0 Å². The van der Waals surface area contributed by atoms with Crippen molar-refractivity contribution in [2.24, 2.45) is 0 Å². The van der Waals surface area contributed by atoms with Gasteiger partial charge in [-0.25, -0.2) is 19.2 Å². The maximum Gasteiger partial charge on any atom is 0.347 e. The summed E-state index contributed by atoms with van der Waals surface area (Å²) in [4.78, 5) is 21.5. The molecule has 0 saturated heterocycles. The first-order chi connectivity index (χ1) is 16.9. The number of aryl methyl sites for hydroxylation is 2. The molecular formula is C28H25FN2O3S. The monoisotopic (exact) mass is 488 g/mol. The Morgan fingerprint density at radius 2 is 1.46 bits per heavy atom. The number of thioether (sulfide) groups is 1. The zero-order valence-corrected chi connectivity index (χ0v) is 20.2. The number of carbonyl (C=O) groups is 1. The van der Waals surface area contributed by atoms with Crippen LogP contribution in [0.25, 0.3) is 0 Å². The summed E-state index contributed by atoms with van der Waals surface area (Å²) in [7, 11) is 0. The number of benzene rings is 3. The van der Waals surface area contributed by atoms with Gasteiger partial charge in [-0.3, -0.25) is 0 Å². The van der Waals surface area contributed by atoms with E-state index in [2.05, 4.69) is 9.97 Å². The summed E-state index contributed by atoms with van der Waals surface area (Å²) in [5.41, 5.74) is 3.67. The average molecular weight is 489 g/mol. The summed E-state index contributed by atoms with van der Waals surface area (Å²) in [6.07, 6.45) is -1.41. The van der Waals surface area contributed by atoms with Gasteiger partial charge in [0.15, 0.2) is 0 Å². The highest BCUT2D eigenvalue weighted by Gasteiger charge is 2.49. The van der Waals surface area contributed by atoms with E-state index in [1.807, 2.05) is 60.7 Å². The maximum absolute atomic E-state index is 13.9. The molecule has 1 aromatic heterocycles. The van der Waals surface area contributed by atoms with Crippen LogP contribution in [0, 0.1) is 19.7 Å². The van der Waals surface area contributed by atoms with E-state index in [1.165, 1.54) is 23.9 Å². The molecule has 0 amide bonds. The Balaban J connectivity index is 1.91. The van der Waals surface area contributed by atoms with Crippen molar-refractivity contribution in [1.29, 1.82) is 0 Å². The van der Waals surface area contributed by atoms with Crippen LogP contribution in [0.4, 0.5) is 4.39 Å². The molecule has 0 saturated carbocycles. The average Bonchev–Trinajstić information content (AvgIpc) is 2.85. The summed E-state index contributed by atoms with van der Waals surface area (Å²) in [6, 6.07) is 26.7. The lowest BCUT2D eigenvalue weighted by Crippen LogP contribution is -2.47. The van der Waals surface area contributed by atoms with Crippen molar-refractivity contribution in [2.45, 2.75) is 30.5 Å². The normalized spacial score (nSPS) is 13.6. The smallest absolute Gasteiger partial charge is 0.347 e. The molecule has 3 aromatic carbocycles. The van der Waals surface area contributed by atoms with Gasteiger partial charge in [0.05, 0.1) is 0 Å². The molecule has 0 aliphatic carbocycles. The van der Waals surface area contributed by atoms with E-state index in [0.717, 1.165) is 5.56 Å². The molecule has 4 aromatic rings. The molecule has 0 aliphatic rings. The molecule has 5 nitrogen and oxygen atoms in total.